The number of thiophene rings is 1. The predicted octanol–water partition coefficient (Wildman–Crippen LogP) is 4.17. The lowest BCUT2D eigenvalue weighted by Crippen LogP contribution is -2.07. The van der Waals surface area contributed by atoms with E-state index in [0.29, 0.717) is 0 Å². The molecule has 1 aliphatic rings. The van der Waals surface area contributed by atoms with Gasteiger partial charge in [0.1, 0.15) is 16.9 Å². The largest absolute Gasteiger partial charge is 0.273 e. The molecule has 1 unspecified atom stereocenters. The summed E-state index contributed by atoms with van der Waals surface area (Å²) in [7, 11) is 0. The summed E-state index contributed by atoms with van der Waals surface area (Å²) in [5.41, 5.74) is 4.71. The Labute approximate surface area is 139 Å². The number of aromatic nitrogens is 3. The molecule has 5 heteroatoms. The molecule has 1 atom stereocenters. The van der Waals surface area contributed by atoms with Crippen LogP contribution in [0.5, 0.6) is 0 Å². The molecule has 3 heterocycles. The summed E-state index contributed by atoms with van der Waals surface area (Å²) in [5.74, 6) is 1.83. The van der Waals surface area contributed by atoms with Crippen LogP contribution in [-0.2, 0) is 0 Å². The van der Waals surface area contributed by atoms with Gasteiger partial charge in [0, 0.05) is 16.0 Å². The van der Waals surface area contributed by atoms with E-state index in [4.69, 9.17) is 4.99 Å². The van der Waals surface area contributed by atoms with Crippen LogP contribution in [0.25, 0.3) is 5.00 Å². The maximum absolute atomic E-state index is 5.02. The predicted molar refractivity (Wildman–Crippen MR) is 93.9 cm³/mol. The molecule has 0 N–H and O–H groups in total. The highest BCUT2D eigenvalue weighted by Gasteiger charge is 2.29. The van der Waals surface area contributed by atoms with Gasteiger partial charge in [-0.1, -0.05) is 30.3 Å². The number of nitrogens with zero attached hydrogens (tertiary/aromatic N) is 4. The van der Waals surface area contributed by atoms with Gasteiger partial charge in [-0.2, -0.15) is 0 Å². The maximum atomic E-state index is 5.02. The topological polar surface area (TPSA) is 43.1 Å². The first-order chi connectivity index (χ1) is 11.1. The fourth-order valence-corrected chi connectivity index (χ4v) is 4.29. The first-order valence-corrected chi connectivity index (χ1v) is 8.55. The summed E-state index contributed by atoms with van der Waals surface area (Å²) in [4.78, 5) is 6.33. The number of rotatable bonds is 1. The summed E-state index contributed by atoms with van der Waals surface area (Å²) in [6, 6.07) is 10.4. The van der Waals surface area contributed by atoms with Crippen molar-refractivity contribution in [3.8, 4) is 5.00 Å². The Kier molecular flexibility index (Phi) is 3.20. The van der Waals surface area contributed by atoms with Crippen LogP contribution >= 0.6 is 11.3 Å². The van der Waals surface area contributed by atoms with E-state index in [1.54, 1.807) is 11.3 Å². The van der Waals surface area contributed by atoms with Crippen molar-refractivity contribution in [1.82, 2.24) is 14.8 Å². The minimum absolute atomic E-state index is 0.0225. The molecular weight excluding hydrogens is 304 g/mol. The van der Waals surface area contributed by atoms with E-state index >= 15 is 0 Å². The molecule has 0 saturated carbocycles. The second-order valence-electron chi connectivity index (χ2n) is 5.92. The van der Waals surface area contributed by atoms with Gasteiger partial charge in [0.25, 0.3) is 0 Å². The highest BCUT2D eigenvalue weighted by atomic mass is 32.1. The Morgan fingerprint density at radius 1 is 1.04 bits per heavy atom. The highest BCUT2D eigenvalue weighted by molar-refractivity contribution is 7.15. The van der Waals surface area contributed by atoms with Crippen molar-refractivity contribution >= 4 is 17.0 Å². The van der Waals surface area contributed by atoms with E-state index in [1.807, 2.05) is 13.0 Å². The van der Waals surface area contributed by atoms with Crippen molar-refractivity contribution in [2.24, 2.45) is 4.99 Å². The molecule has 1 aliphatic heterocycles. The molecule has 4 nitrogen and oxygen atoms in total. The summed E-state index contributed by atoms with van der Waals surface area (Å²) < 4.78 is 2.17. The molecule has 0 radical (unpaired) electrons. The van der Waals surface area contributed by atoms with Crippen LogP contribution in [0.3, 0.4) is 0 Å². The first kappa shape index (κ1) is 14.3. The van der Waals surface area contributed by atoms with Gasteiger partial charge in [-0.25, -0.2) is 0 Å². The Bertz CT molecular complexity index is 918. The van der Waals surface area contributed by atoms with Gasteiger partial charge in [0.2, 0.25) is 0 Å². The van der Waals surface area contributed by atoms with Gasteiger partial charge < -0.3 is 0 Å². The van der Waals surface area contributed by atoms with Crippen LogP contribution < -0.4 is 0 Å². The molecule has 1 aromatic carbocycles. The zero-order valence-corrected chi connectivity index (χ0v) is 14.5. The van der Waals surface area contributed by atoms with E-state index in [1.165, 1.54) is 21.0 Å². The minimum Gasteiger partial charge on any atom is -0.273 e. The molecule has 0 bridgehead atoms. The summed E-state index contributed by atoms with van der Waals surface area (Å²) >= 11 is 1.79. The summed E-state index contributed by atoms with van der Waals surface area (Å²) in [6.45, 7) is 8.44. The van der Waals surface area contributed by atoms with E-state index in [9.17, 15) is 0 Å². The van der Waals surface area contributed by atoms with Crippen LogP contribution in [0.15, 0.2) is 35.3 Å². The summed E-state index contributed by atoms with van der Waals surface area (Å²) in [5, 5.41) is 9.84. The quantitative estimate of drug-likeness (QED) is 0.675. The van der Waals surface area contributed by atoms with Gasteiger partial charge in [-0.15, -0.1) is 21.5 Å². The van der Waals surface area contributed by atoms with Crippen molar-refractivity contribution in [1.29, 1.82) is 0 Å². The normalized spacial score (nSPS) is 16.5. The fourth-order valence-electron chi connectivity index (χ4n) is 3.08. The van der Waals surface area contributed by atoms with E-state index in [-0.39, 0.29) is 6.04 Å². The number of aryl methyl sites for hydroxylation is 2. The first-order valence-electron chi connectivity index (χ1n) is 7.73. The van der Waals surface area contributed by atoms with Crippen LogP contribution in [0.1, 0.15) is 46.2 Å². The molecule has 0 amide bonds. The summed E-state index contributed by atoms with van der Waals surface area (Å²) in [6.07, 6.45) is 0. The van der Waals surface area contributed by atoms with Gasteiger partial charge in [0.15, 0.2) is 5.82 Å². The second-order valence-corrected chi connectivity index (χ2v) is 7.13. The third-order valence-corrected chi connectivity index (χ3v) is 5.59. The Morgan fingerprint density at radius 2 is 1.78 bits per heavy atom. The molecule has 3 aromatic rings. The third-order valence-electron chi connectivity index (χ3n) is 4.40. The standard InChI is InChI=1S/C18H18N4S/c1-10-12(3)23-18-15(10)16(14-8-6-5-7-9-14)19-11(2)17-21-20-13(4)22(17)18/h5-9,11H,1-4H3. The fraction of sp³-hybridized carbons (Fsp3) is 0.278. The smallest absolute Gasteiger partial charge is 0.162 e. The van der Waals surface area contributed by atoms with Gasteiger partial charge in [-0.05, 0) is 33.3 Å². The van der Waals surface area contributed by atoms with E-state index in [2.05, 4.69) is 59.8 Å². The number of aliphatic imine (C=N–C) groups is 1. The van der Waals surface area contributed by atoms with Crippen LogP contribution in [0.4, 0.5) is 0 Å². The van der Waals surface area contributed by atoms with Gasteiger partial charge in [0.05, 0.1) is 5.71 Å². The molecule has 0 fully saturated rings. The Hall–Kier alpha value is -2.27. The van der Waals surface area contributed by atoms with Crippen molar-refractivity contribution in [2.45, 2.75) is 33.7 Å². The monoisotopic (exact) mass is 322 g/mol. The average molecular weight is 322 g/mol. The zero-order chi connectivity index (χ0) is 16.1. The zero-order valence-electron chi connectivity index (χ0n) is 13.7. The molecule has 2 aromatic heterocycles. The van der Waals surface area contributed by atoms with Crippen LogP contribution in [0, 0.1) is 20.8 Å². The lowest BCUT2D eigenvalue weighted by Gasteiger charge is -2.09. The number of benzene rings is 1. The average Bonchev–Trinajstić information content (AvgIpc) is 3.03. The molecule has 0 spiro atoms. The van der Waals surface area contributed by atoms with Crippen molar-refractivity contribution in [3.05, 3.63) is 63.5 Å². The minimum atomic E-state index is -0.0225. The molecule has 0 saturated heterocycles. The Morgan fingerprint density at radius 3 is 2.52 bits per heavy atom. The molecule has 23 heavy (non-hydrogen) atoms. The van der Waals surface area contributed by atoms with Gasteiger partial charge in [-0.3, -0.25) is 9.56 Å². The third kappa shape index (κ3) is 2.07. The van der Waals surface area contributed by atoms with Crippen LogP contribution in [0.2, 0.25) is 0 Å². The van der Waals surface area contributed by atoms with E-state index < -0.39 is 0 Å². The number of fused-ring (bicyclic) bond motifs is 3. The van der Waals surface area contributed by atoms with Crippen LogP contribution in [-0.4, -0.2) is 20.5 Å². The molecule has 0 aliphatic carbocycles. The number of hydrogen-bond donors (Lipinski definition) is 0. The molecule has 4 rings (SSSR count). The lowest BCUT2D eigenvalue weighted by atomic mass is 10.00. The lowest BCUT2D eigenvalue weighted by molar-refractivity contribution is 0.724. The SMILES string of the molecule is Cc1sc2c(c1C)C(c1ccccc1)=NC(C)c1nnc(C)n1-2. The Balaban J connectivity index is 2.08. The van der Waals surface area contributed by atoms with E-state index in [0.717, 1.165) is 22.9 Å². The van der Waals surface area contributed by atoms with Crippen molar-refractivity contribution < 1.29 is 0 Å². The molecule has 116 valence electrons. The molecular formula is C18H18N4S. The maximum Gasteiger partial charge on any atom is 0.162 e. The number of hydrogen-bond acceptors (Lipinski definition) is 4. The van der Waals surface area contributed by atoms with Crippen molar-refractivity contribution in [2.75, 3.05) is 0 Å². The second kappa shape index (κ2) is 5.13. The van der Waals surface area contributed by atoms with Gasteiger partial charge >= 0.3 is 0 Å². The van der Waals surface area contributed by atoms with Crippen molar-refractivity contribution in [3.63, 3.8) is 0 Å². The highest BCUT2D eigenvalue weighted by Crippen LogP contribution is 2.38.